The van der Waals surface area contributed by atoms with Crippen molar-refractivity contribution in [2.24, 2.45) is 11.7 Å². The third kappa shape index (κ3) is 1.53. The van der Waals surface area contributed by atoms with Gasteiger partial charge in [0.15, 0.2) is 0 Å². The van der Waals surface area contributed by atoms with E-state index in [0.29, 0.717) is 12.5 Å². The lowest BCUT2D eigenvalue weighted by Crippen LogP contribution is -2.42. The Bertz CT molecular complexity index is 172. The van der Waals surface area contributed by atoms with Gasteiger partial charge in [0.25, 0.3) is 0 Å². The largest absolute Gasteiger partial charge is 0.341 e. The molecule has 0 aromatic rings. The predicted molar refractivity (Wildman–Crippen MR) is 47.8 cm³/mol. The van der Waals surface area contributed by atoms with Gasteiger partial charge in [-0.1, -0.05) is 0 Å². The van der Waals surface area contributed by atoms with E-state index in [2.05, 4.69) is 12.2 Å². The molecule has 1 aliphatic heterocycles. The minimum absolute atomic E-state index is 0.0125. The zero-order valence-electron chi connectivity index (χ0n) is 7.71. The van der Waals surface area contributed by atoms with Gasteiger partial charge in [0.2, 0.25) is 0 Å². The lowest BCUT2D eigenvalue weighted by molar-refractivity contribution is 0.193. The Morgan fingerprint density at radius 3 is 2.83 bits per heavy atom. The summed E-state index contributed by atoms with van der Waals surface area (Å²) in [6.07, 6.45) is 1.03. The molecule has 0 saturated carbocycles. The second-order valence-electron chi connectivity index (χ2n) is 3.27. The smallest absolute Gasteiger partial charge is 0.317 e. The van der Waals surface area contributed by atoms with Gasteiger partial charge in [0, 0.05) is 19.6 Å². The fraction of sp³-hybridized carbons (Fsp3) is 0.875. The first-order valence-corrected chi connectivity index (χ1v) is 4.39. The Hall–Kier alpha value is -0.770. The Balaban J connectivity index is 2.54. The molecular weight excluding hydrogens is 154 g/mol. The van der Waals surface area contributed by atoms with Gasteiger partial charge in [-0.25, -0.2) is 4.79 Å². The third-order valence-electron chi connectivity index (χ3n) is 2.69. The van der Waals surface area contributed by atoms with Gasteiger partial charge in [0.1, 0.15) is 0 Å². The normalized spacial score (nSPS) is 29.1. The molecule has 70 valence electrons. The van der Waals surface area contributed by atoms with Crippen LogP contribution in [0.2, 0.25) is 0 Å². The van der Waals surface area contributed by atoms with Crippen LogP contribution in [0.1, 0.15) is 13.3 Å². The molecular formula is C8H17N3O. The Labute approximate surface area is 73.1 Å². The molecule has 0 bridgehead atoms. The molecule has 1 heterocycles. The molecule has 12 heavy (non-hydrogen) atoms. The third-order valence-corrected chi connectivity index (χ3v) is 2.69. The molecule has 0 aromatic heterocycles. The van der Waals surface area contributed by atoms with Crippen LogP contribution in [-0.2, 0) is 0 Å². The highest BCUT2D eigenvalue weighted by Gasteiger charge is 2.32. The van der Waals surface area contributed by atoms with Crippen molar-refractivity contribution in [3.05, 3.63) is 0 Å². The monoisotopic (exact) mass is 171 g/mol. The van der Waals surface area contributed by atoms with Crippen molar-refractivity contribution in [3.63, 3.8) is 0 Å². The summed E-state index contributed by atoms with van der Waals surface area (Å²) in [6, 6.07) is 0.299. The Kier molecular flexibility index (Phi) is 2.92. The molecule has 3 N–H and O–H groups in total. The van der Waals surface area contributed by atoms with E-state index in [9.17, 15) is 4.79 Å². The van der Waals surface area contributed by atoms with Crippen LogP contribution >= 0.6 is 0 Å². The van der Waals surface area contributed by atoms with Crippen molar-refractivity contribution in [1.29, 1.82) is 0 Å². The summed E-state index contributed by atoms with van der Waals surface area (Å²) in [7, 11) is 1.66. The molecule has 2 unspecified atom stereocenters. The van der Waals surface area contributed by atoms with Crippen LogP contribution in [0, 0.1) is 5.92 Å². The van der Waals surface area contributed by atoms with Gasteiger partial charge in [0.05, 0.1) is 0 Å². The molecule has 0 radical (unpaired) electrons. The average molecular weight is 171 g/mol. The molecule has 1 aliphatic rings. The van der Waals surface area contributed by atoms with Gasteiger partial charge in [-0.05, 0) is 25.8 Å². The van der Waals surface area contributed by atoms with Gasteiger partial charge < -0.3 is 16.0 Å². The van der Waals surface area contributed by atoms with Crippen LogP contribution in [0.4, 0.5) is 4.79 Å². The number of carbonyl (C=O) groups is 1. The number of nitrogens with one attached hydrogen (secondary N) is 1. The molecule has 1 fully saturated rings. The highest BCUT2D eigenvalue weighted by atomic mass is 16.2. The molecule has 1 saturated heterocycles. The number of nitrogens with two attached hydrogens (primary N) is 1. The summed E-state index contributed by atoms with van der Waals surface area (Å²) in [6.45, 7) is 3.57. The first-order chi connectivity index (χ1) is 5.70. The maximum absolute atomic E-state index is 11.3. The van der Waals surface area contributed by atoms with Crippen LogP contribution in [0.25, 0.3) is 0 Å². The molecule has 0 aromatic carbocycles. The van der Waals surface area contributed by atoms with Gasteiger partial charge >= 0.3 is 6.03 Å². The van der Waals surface area contributed by atoms with Crippen molar-refractivity contribution in [3.8, 4) is 0 Å². The SMILES string of the molecule is CNC(=O)N1CCC(CN)C1C. The summed E-state index contributed by atoms with van der Waals surface area (Å²) in [5.41, 5.74) is 5.57. The van der Waals surface area contributed by atoms with E-state index in [1.165, 1.54) is 0 Å². The van der Waals surface area contributed by atoms with Gasteiger partial charge in [-0.3, -0.25) is 0 Å². The van der Waals surface area contributed by atoms with Crippen LogP contribution in [0.15, 0.2) is 0 Å². The lowest BCUT2D eigenvalue weighted by atomic mass is 10.0. The van der Waals surface area contributed by atoms with Gasteiger partial charge in [-0.15, -0.1) is 0 Å². The molecule has 0 aliphatic carbocycles. The molecule has 4 nitrogen and oxygen atoms in total. The number of hydrogen-bond acceptors (Lipinski definition) is 2. The van der Waals surface area contributed by atoms with E-state index in [1.807, 2.05) is 4.90 Å². The zero-order chi connectivity index (χ0) is 9.14. The van der Waals surface area contributed by atoms with Crippen molar-refractivity contribution in [2.75, 3.05) is 20.1 Å². The summed E-state index contributed by atoms with van der Waals surface area (Å²) in [5.74, 6) is 0.474. The molecule has 2 atom stereocenters. The standard InChI is InChI=1S/C8H17N3O/c1-6-7(5-9)3-4-11(6)8(12)10-2/h6-7H,3-5,9H2,1-2H3,(H,10,12). The highest BCUT2D eigenvalue weighted by Crippen LogP contribution is 2.22. The lowest BCUT2D eigenvalue weighted by Gasteiger charge is -2.23. The topological polar surface area (TPSA) is 58.4 Å². The summed E-state index contributed by atoms with van der Waals surface area (Å²) in [5, 5.41) is 2.63. The number of rotatable bonds is 1. The molecule has 4 heteroatoms. The first-order valence-electron chi connectivity index (χ1n) is 4.39. The van der Waals surface area contributed by atoms with Crippen LogP contribution in [0.5, 0.6) is 0 Å². The summed E-state index contributed by atoms with van der Waals surface area (Å²) in [4.78, 5) is 13.1. The second kappa shape index (κ2) is 3.76. The summed E-state index contributed by atoms with van der Waals surface area (Å²) >= 11 is 0. The quantitative estimate of drug-likeness (QED) is 0.583. The molecule has 2 amide bonds. The number of hydrogen-bond donors (Lipinski definition) is 2. The Morgan fingerprint density at radius 2 is 2.42 bits per heavy atom. The molecule has 1 rings (SSSR count). The second-order valence-corrected chi connectivity index (χ2v) is 3.27. The fourth-order valence-electron chi connectivity index (χ4n) is 1.75. The fourth-order valence-corrected chi connectivity index (χ4v) is 1.75. The van der Waals surface area contributed by atoms with E-state index in [-0.39, 0.29) is 12.1 Å². The van der Waals surface area contributed by atoms with E-state index < -0.39 is 0 Å². The van der Waals surface area contributed by atoms with E-state index in [4.69, 9.17) is 5.73 Å². The summed E-state index contributed by atoms with van der Waals surface area (Å²) < 4.78 is 0. The van der Waals surface area contributed by atoms with Crippen molar-refractivity contribution in [2.45, 2.75) is 19.4 Å². The van der Waals surface area contributed by atoms with E-state index in [1.54, 1.807) is 7.05 Å². The number of nitrogens with zero attached hydrogens (tertiary/aromatic N) is 1. The minimum atomic E-state index is 0.0125. The maximum Gasteiger partial charge on any atom is 0.317 e. The van der Waals surface area contributed by atoms with E-state index >= 15 is 0 Å². The zero-order valence-corrected chi connectivity index (χ0v) is 7.71. The van der Waals surface area contributed by atoms with Crippen molar-refractivity contribution >= 4 is 6.03 Å². The first kappa shape index (κ1) is 9.32. The number of amides is 2. The van der Waals surface area contributed by atoms with Crippen LogP contribution < -0.4 is 11.1 Å². The number of likely N-dealkylation sites (tertiary alicyclic amines) is 1. The number of urea groups is 1. The Morgan fingerprint density at radius 1 is 1.75 bits per heavy atom. The number of carbonyl (C=O) groups excluding carboxylic acids is 1. The highest BCUT2D eigenvalue weighted by molar-refractivity contribution is 5.74. The van der Waals surface area contributed by atoms with Gasteiger partial charge in [-0.2, -0.15) is 0 Å². The van der Waals surface area contributed by atoms with Crippen LogP contribution in [-0.4, -0.2) is 37.1 Å². The van der Waals surface area contributed by atoms with Crippen molar-refractivity contribution in [1.82, 2.24) is 10.2 Å². The minimum Gasteiger partial charge on any atom is -0.341 e. The predicted octanol–water partition coefficient (Wildman–Crippen LogP) is -0.00510. The van der Waals surface area contributed by atoms with Crippen molar-refractivity contribution < 1.29 is 4.79 Å². The van der Waals surface area contributed by atoms with Crippen LogP contribution in [0.3, 0.4) is 0 Å². The van der Waals surface area contributed by atoms with E-state index in [0.717, 1.165) is 13.0 Å². The molecule has 0 spiro atoms. The maximum atomic E-state index is 11.3. The average Bonchev–Trinajstić information content (AvgIpc) is 2.45.